The van der Waals surface area contributed by atoms with E-state index in [1.807, 2.05) is 31.4 Å². The second-order valence-corrected chi connectivity index (χ2v) is 7.72. The van der Waals surface area contributed by atoms with Crippen LogP contribution < -0.4 is 0 Å². The summed E-state index contributed by atoms with van der Waals surface area (Å²) in [5.74, 6) is 0. The molecule has 0 atom stereocenters. The van der Waals surface area contributed by atoms with E-state index in [4.69, 9.17) is 0 Å². The minimum atomic E-state index is -3.45. The molecule has 0 aliphatic carbocycles. The van der Waals surface area contributed by atoms with Gasteiger partial charge in [-0.15, -0.1) is 11.3 Å². The Hall–Kier alpha value is -1.24. The van der Waals surface area contributed by atoms with Gasteiger partial charge in [0.05, 0.1) is 22.1 Å². The van der Waals surface area contributed by atoms with E-state index in [2.05, 4.69) is 4.98 Å². The Kier molecular flexibility index (Phi) is 4.57. The van der Waals surface area contributed by atoms with Crippen molar-refractivity contribution in [3.8, 4) is 0 Å². The van der Waals surface area contributed by atoms with Crippen LogP contribution in [0.2, 0.25) is 0 Å². The van der Waals surface area contributed by atoms with E-state index in [-0.39, 0.29) is 0 Å². The van der Waals surface area contributed by atoms with E-state index in [1.165, 1.54) is 15.6 Å². The van der Waals surface area contributed by atoms with Gasteiger partial charge >= 0.3 is 0 Å². The molecule has 0 aliphatic heterocycles. The molecule has 6 heteroatoms. The number of nitrogens with zero attached hydrogens (tertiary/aromatic N) is 2. The molecule has 1 heterocycles. The molecule has 0 aliphatic rings. The van der Waals surface area contributed by atoms with E-state index in [0.29, 0.717) is 11.4 Å². The molecule has 0 bridgehead atoms. The van der Waals surface area contributed by atoms with E-state index < -0.39 is 10.0 Å². The van der Waals surface area contributed by atoms with E-state index in [0.717, 1.165) is 22.7 Å². The SMILES string of the molecule is CCc1ccc(S(=O)(=O)N(C)Cc2csc(C)n2)cc1. The smallest absolute Gasteiger partial charge is 0.243 e. The number of thiazole rings is 1. The molecule has 0 unspecified atom stereocenters. The summed E-state index contributed by atoms with van der Waals surface area (Å²) in [6.07, 6.45) is 0.897. The number of hydrogen-bond donors (Lipinski definition) is 0. The molecule has 0 amide bonds. The summed E-state index contributed by atoms with van der Waals surface area (Å²) in [6, 6.07) is 7.04. The second-order valence-electron chi connectivity index (χ2n) is 4.62. The van der Waals surface area contributed by atoms with Gasteiger partial charge in [0.2, 0.25) is 10.0 Å². The highest BCUT2D eigenvalue weighted by Crippen LogP contribution is 2.18. The van der Waals surface area contributed by atoms with Crippen molar-refractivity contribution in [2.45, 2.75) is 31.7 Å². The molecule has 2 aromatic rings. The zero-order chi connectivity index (χ0) is 14.8. The molecule has 2 rings (SSSR count). The molecule has 0 N–H and O–H groups in total. The summed E-state index contributed by atoms with van der Waals surface area (Å²) in [6.45, 7) is 4.24. The Morgan fingerprint density at radius 2 is 1.90 bits per heavy atom. The third-order valence-corrected chi connectivity index (χ3v) is 5.73. The molecular weight excluding hydrogens is 292 g/mol. The van der Waals surface area contributed by atoms with Crippen LogP contribution in [0.3, 0.4) is 0 Å². The summed E-state index contributed by atoms with van der Waals surface area (Å²) < 4.78 is 26.2. The van der Waals surface area contributed by atoms with Gasteiger partial charge in [0.25, 0.3) is 0 Å². The van der Waals surface area contributed by atoms with Gasteiger partial charge in [-0.2, -0.15) is 4.31 Å². The van der Waals surface area contributed by atoms with Gasteiger partial charge in [-0.3, -0.25) is 0 Å². The Bertz CT molecular complexity index is 675. The van der Waals surface area contributed by atoms with Crippen LogP contribution in [0, 0.1) is 6.92 Å². The first-order valence-corrected chi connectivity index (χ1v) is 8.71. The summed E-state index contributed by atoms with van der Waals surface area (Å²) in [5.41, 5.74) is 1.91. The average Bonchev–Trinajstić information content (AvgIpc) is 2.84. The molecule has 20 heavy (non-hydrogen) atoms. The van der Waals surface area contributed by atoms with Crippen LogP contribution in [0.1, 0.15) is 23.2 Å². The fourth-order valence-electron chi connectivity index (χ4n) is 1.87. The molecule has 1 aromatic carbocycles. The number of hydrogen-bond acceptors (Lipinski definition) is 4. The molecule has 4 nitrogen and oxygen atoms in total. The number of rotatable bonds is 5. The molecule has 0 radical (unpaired) electrons. The van der Waals surface area contributed by atoms with Crippen molar-refractivity contribution in [2.75, 3.05) is 7.05 Å². The van der Waals surface area contributed by atoms with Crippen molar-refractivity contribution in [1.82, 2.24) is 9.29 Å². The van der Waals surface area contributed by atoms with Gasteiger partial charge in [-0.05, 0) is 31.0 Å². The predicted octanol–water partition coefficient (Wildman–Crippen LogP) is 2.83. The van der Waals surface area contributed by atoms with E-state index in [1.54, 1.807) is 19.2 Å². The highest BCUT2D eigenvalue weighted by molar-refractivity contribution is 7.89. The van der Waals surface area contributed by atoms with Crippen molar-refractivity contribution < 1.29 is 8.42 Å². The quantitative estimate of drug-likeness (QED) is 0.853. The van der Waals surface area contributed by atoms with Crippen LogP contribution in [0.25, 0.3) is 0 Å². The standard InChI is InChI=1S/C14H18N2O2S2/c1-4-12-5-7-14(8-6-12)20(17,18)16(3)9-13-10-19-11(2)15-13/h5-8,10H,4,9H2,1-3H3. The maximum Gasteiger partial charge on any atom is 0.243 e. The summed E-state index contributed by atoms with van der Waals surface area (Å²) in [7, 11) is -1.87. The first kappa shape index (κ1) is 15.2. The maximum absolute atomic E-state index is 12.4. The Morgan fingerprint density at radius 1 is 1.25 bits per heavy atom. The molecule has 1 aromatic heterocycles. The second kappa shape index (κ2) is 6.03. The lowest BCUT2D eigenvalue weighted by molar-refractivity contribution is 0.463. The molecule has 0 saturated carbocycles. The van der Waals surface area contributed by atoms with Crippen LogP contribution in [-0.4, -0.2) is 24.8 Å². The minimum absolute atomic E-state index is 0.294. The predicted molar refractivity (Wildman–Crippen MR) is 81.3 cm³/mol. The highest BCUT2D eigenvalue weighted by Gasteiger charge is 2.21. The number of sulfonamides is 1. The monoisotopic (exact) mass is 310 g/mol. The average molecular weight is 310 g/mol. The van der Waals surface area contributed by atoms with E-state index in [9.17, 15) is 8.42 Å². The van der Waals surface area contributed by atoms with Crippen LogP contribution in [-0.2, 0) is 23.0 Å². The van der Waals surface area contributed by atoms with Crippen molar-refractivity contribution >= 4 is 21.4 Å². The first-order valence-electron chi connectivity index (χ1n) is 6.39. The molecule has 0 spiro atoms. The largest absolute Gasteiger partial charge is 0.245 e. The zero-order valence-electron chi connectivity index (χ0n) is 11.8. The zero-order valence-corrected chi connectivity index (χ0v) is 13.5. The summed E-state index contributed by atoms with van der Waals surface area (Å²) in [5, 5.41) is 2.83. The highest BCUT2D eigenvalue weighted by atomic mass is 32.2. The normalized spacial score (nSPS) is 12.0. The first-order chi connectivity index (χ1) is 9.43. The molecule has 0 fully saturated rings. The Morgan fingerprint density at radius 3 is 2.40 bits per heavy atom. The molecular formula is C14H18N2O2S2. The third-order valence-electron chi connectivity index (χ3n) is 3.09. The van der Waals surface area contributed by atoms with Crippen molar-refractivity contribution in [1.29, 1.82) is 0 Å². The van der Waals surface area contributed by atoms with Crippen LogP contribution in [0.5, 0.6) is 0 Å². The van der Waals surface area contributed by atoms with Crippen molar-refractivity contribution in [3.63, 3.8) is 0 Å². The Labute approximate surface area is 124 Å². The Balaban J connectivity index is 2.19. The molecule has 108 valence electrons. The van der Waals surface area contributed by atoms with Gasteiger partial charge in [-0.1, -0.05) is 19.1 Å². The summed E-state index contributed by atoms with van der Waals surface area (Å²) in [4.78, 5) is 4.62. The maximum atomic E-state index is 12.4. The fraction of sp³-hybridized carbons (Fsp3) is 0.357. The number of benzene rings is 1. The lowest BCUT2D eigenvalue weighted by Gasteiger charge is -2.16. The van der Waals surface area contributed by atoms with Crippen LogP contribution >= 0.6 is 11.3 Å². The van der Waals surface area contributed by atoms with E-state index >= 15 is 0 Å². The van der Waals surface area contributed by atoms with Gasteiger partial charge in [0.15, 0.2) is 0 Å². The third kappa shape index (κ3) is 3.26. The van der Waals surface area contributed by atoms with Crippen molar-refractivity contribution in [2.24, 2.45) is 0 Å². The topological polar surface area (TPSA) is 50.3 Å². The number of aromatic nitrogens is 1. The minimum Gasteiger partial charge on any atom is -0.245 e. The summed E-state index contributed by atoms with van der Waals surface area (Å²) >= 11 is 1.53. The number of aryl methyl sites for hydroxylation is 2. The van der Waals surface area contributed by atoms with Gasteiger partial charge in [-0.25, -0.2) is 13.4 Å². The van der Waals surface area contributed by atoms with Gasteiger partial charge in [0, 0.05) is 12.4 Å². The fourth-order valence-corrected chi connectivity index (χ4v) is 3.62. The van der Waals surface area contributed by atoms with Crippen LogP contribution in [0.4, 0.5) is 0 Å². The van der Waals surface area contributed by atoms with Gasteiger partial charge in [0.1, 0.15) is 0 Å². The van der Waals surface area contributed by atoms with Gasteiger partial charge < -0.3 is 0 Å². The van der Waals surface area contributed by atoms with Crippen molar-refractivity contribution in [3.05, 3.63) is 45.9 Å². The lowest BCUT2D eigenvalue weighted by Crippen LogP contribution is -2.26. The molecule has 0 saturated heterocycles. The van der Waals surface area contributed by atoms with Crippen LogP contribution in [0.15, 0.2) is 34.5 Å². The lowest BCUT2D eigenvalue weighted by atomic mass is 10.2.